The maximum absolute atomic E-state index is 4.98. The predicted octanol–water partition coefficient (Wildman–Crippen LogP) is 14.2. The van der Waals surface area contributed by atoms with Crippen molar-refractivity contribution in [1.82, 2.24) is 15.0 Å². The summed E-state index contributed by atoms with van der Waals surface area (Å²) in [4.78, 5) is 14.0. The maximum atomic E-state index is 4.98. The van der Waals surface area contributed by atoms with Gasteiger partial charge >= 0.3 is 0 Å². The van der Waals surface area contributed by atoms with Gasteiger partial charge in [-0.3, -0.25) is 4.98 Å². The quantitative estimate of drug-likeness (QED) is 0.156. The molecule has 9 rings (SSSR count). The SMILES string of the molecule is Cc1ccc(-c2ccccc2)cc1-c1ccc(-c2cc[c-]c(-c3cc(C(C)(C)C)ccn3)c2)c2cnc(-c3ccccc3)cc12.Cc1ccnc(-c2[c-]cccc2)c1.[Ir]. The van der Waals surface area contributed by atoms with Crippen LogP contribution in [-0.4, -0.2) is 15.0 Å². The van der Waals surface area contributed by atoms with E-state index < -0.39 is 0 Å². The van der Waals surface area contributed by atoms with E-state index in [1.54, 1.807) is 0 Å². The summed E-state index contributed by atoms with van der Waals surface area (Å²) < 4.78 is 0. The number of hydrogen-bond donors (Lipinski definition) is 0. The minimum Gasteiger partial charge on any atom is -0.305 e. The third-order valence-electron chi connectivity index (χ3n) is 10.5. The van der Waals surface area contributed by atoms with E-state index in [-0.39, 0.29) is 25.5 Å². The van der Waals surface area contributed by atoms with Crippen molar-refractivity contribution < 1.29 is 20.1 Å². The zero-order valence-electron chi connectivity index (χ0n) is 34.0. The number of pyridine rings is 3. The molecular weight excluding hydrogens is 895 g/mol. The number of aromatic nitrogens is 3. The summed E-state index contributed by atoms with van der Waals surface area (Å²) in [5.41, 5.74) is 16.9. The van der Waals surface area contributed by atoms with Gasteiger partial charge in [0.1, 0.15) is 0 Å². The van der Waals surface area contributed by atoms with E-state index in [0.29, 0.717) is 0 Å². The van der Waals surface area contributed by atoms with E-state index in [0.717, 1.165) is 50.3 Å². The molecule has 6 aromatic carbocycles. The van der Waals surface area contributed by atoms with Gasteiger partial charge in [-0.15, -0.1) is 71.3 Å². The molecule has 3 nitrogen and oxygen atoms in total. The second-order valence-corrected chi connectivity index (χ2v) is 15.7. The van der Waals surface area contributed by atoms with Crippen LogP contribution in [0.5, 0.6) is 0 Å². The van der Waals surface area contributed by atoms with Crippen molar-refractivity contribution in [2.75, 3.05) is 0 Å². The fourth-order valence-corrected chi connectivity index (χ4v) is 7.28. The van der Waals surface area contributed by atoms with E-state index in [1.807, 2.05) is 61.1 Å². The summed E-state index contributed by atoms with van der Waals surface area (Å²) in [5.74, 6) is 0. The third-order valence-corrected chi connectivity index (χ3v) is 10.5. The molecule has 0 aliphatic carbocycles. The van der Waals surface area contributed by atoms with Crippen LogP contribution in [0.2, 0.25) is 0 Å². The molecule has 0 aliphatic rings. The number of aryl methyl sites for hydroxylation is 2. The smallest absolute Gasteiger partial charge is 0.0708 e. The van der Waals surface area contributed by atoms with Crippen molar-refractivity contribution in [2.24, 2.45) is 0 Å². The predicted molar refractivity (Wildman–Crippen MR) is 242 cm³/mol. The normalized spacial score (nSPS) is 11.0. The third kappa shape index (κ3) is 9.37. The van der Waals surface area contributed by atoms with Crippen molar-refractivity contribution >= 4 is 10.8 Å². The van der Waals surface area contributed by atoms with Gasteiger partial charge in [-0.25, -0.2) is 0 Å². The van der Waals surface area contributed by atoms with Crippen molar-refractivity contribution in [1.29, 1.82) is 0 Å². The van der Waals surface area contributed by atoms with Gasteiger partial charge in [0, 0.05) is 49.6 Å². The Bertz CT molecular complexity index is 2830. The average Bonchev–Trinajstić information content (AvgIpc) is 3.27. The largest absolute Gasteiger partial charge is 0.305 e. The van der Waals surface area contributed by atoms with Gasteiger partial charge in [-0.05, 0) is 99.2 Å². The van der Waals surface area contributed by atoms with E-state index in [1.165, 1.54) is 44.3 Å². The van der Waals surface area contributed by atoms with Gasteiger partial charge in [0.05, 0.1) is 5.69 Å². The van der Waals surface area contributed by atoms with Crippen LogP contribution >= 0.6 is 0 Å². The van der Waals surface area contributed by atoms with Crippen LogP contribution in [0.3, 0.4) is 0 Å². The first-order chi connectivity index (χ1) is 28.2. The minimum atomic E-state index is 0. The Hall–Kier alpha value is -6.32. The Kier molecular flexibility index (Phi) is 12.5. The molecule has 9 aromatic rings. The van der Waals surface area contributed by atoms with Gasteiger partial charge in [0.15, 0.2) is 0 Å². The molecule has 4 heteroatoms. The topological polar surface area (TPSA) is 38.7 Å². The molecule has 0 amide bonds. The second-order valence-electron chi connectivity index (χ2n) is 15.7. The molecule has 291 valence electrons. The number of hydrogen-bond acceptors (Lipinski definition) is 3. The molecule has 0 aliphatic heterocycles. The molecule has 3 aromatic heterocycles. The number of fused-ring (bicyclic) bond motifs is 1. The first kappa shape index (κ1) is 40.9. The number of rotatable bonds is 6. The van der Waals surface area contributed by atoms with Crippen molar-refractivity contribution in [3.8, 4) is 67.2 Å². The van der Waals surface area contributed by atoms with Crippen molar-refractivity contribution in [2.45, 2.75) is 40.0 Å². The van der Waals surface area contributed by atoms with E-state index >= 15 is 0 Å². The Morgan fingerprint density at radius 3 is 1.83 bits per heavy atom. The zero-order valence-corrected chi connectivity index (χ0v) is 36.4. The summed E-state index contributed by atoms with van der Waals surface area (Å²) in [6.45, 7) is 10.9. The Morgan fingerprint density at radius 2 is 1.12 bits per heavy atom. The Morgan fingerprint density at radius 1 is 0.441 bits per heavy atom. The molecule has 0 spiro atoms. The van der Waals surface area contributed by atoms with Crippen molar-refractivity contribution in [3.05, 3.63) is 211 Å². The molecular formula is C55H45IrN3-2. The zero-order chi connectivity index (χ0) is 40.1. The van der Waals surface area contributed by atoms with Crippen molar-refractivity contribution in [3.63, 3.8) is 0 Å². The van der Waals surface area contributed by atoms with Crippen LogP contribution in [-0.2, 0) is 25.5 Å². The van der Waals surface area contributed by atoms with Gasteiger partial charge in [0.25, 0.3) is 0 Å². The van der Waals surface area contributed by atoms with Crippen LogP contribution in [0, 0.1) is 26.0 Å². The molecule has 59 heavy (non-hydrogen) atoms. The van der Waals surface area contributed by atoms with Crippen LogP contribution < -0.4 is 0 Å². The van der Waals surface area contributed by atoms with Crippen LogP contribution in [0.4, 0.5) is 0 Å². The summed E-state index contributed by atoms with van der Waals surface area (Å²) >= 11 is 0. The van der Waals surface area contributed by atoms with E-state index in [2.05, 4.69) is 173 Å². The van der Waals surface area contributed by atoms with Crippen LogP contribution in [0.1, 0.15) is 37.5 Å². The molecule has 0 fully saturated rings. The van der Waals surface area contributed by atoms with Gasteiger partial charge < -0.3 is 9.97 Å². The second kappa shape index (κ2) is 18.1. The monoisotopic (exact) mass is 940 g/mol. The fraction of sp³-hybridized carbons (Fsp3) is 0.109. The van der Waals surface area contributed by atoms with E-state index in [4.69, 9.17) is 9.97 Å². The van der Waals surface area contributed by atoms with Crippen LogP contribution in [0.15, 0.2) is 182 Å². The molecule has 0 atom stereocenters. The first-order valence-electron chi connectivity index (χ1n) is 19.7. The first-order valence-corrected chi connectivity index (χ1v) is 19.7. The average molecular weight is 940 g/mol. The Labute approximate surface area is 362 Å². The molecule has 0 bridgehead atoms. The summed E-state index contributed by atoms with van der Waals surface area (Å²) in [5, 5.41) is 2.29. The molecule has 0 saturated heterocycles. The number of nitrogens with zero attached hydrogens (tertiary/aromatic N) is 3. The number of benzene rings is 6. The summed E-state index contributed by atoms with van der Waals surface area (Å²) in [6.07, 6.45) is 5.77. The molecule has 0 saturated carbocycles. The summed E-state index contributed by atoms with van der Waals surface area (Å²) in [6, 6.07) is 63.7. The molecule has 3 heterocycles. The molecule has 0 unspecified atom stereocenters. The van der Waals surface area contributed by atoms with Crippen LogP contribution in [0.25, 0.3) is 77.9 Å². The van der Waals surface area contributed by atoms with Gasteiger partial charge in [-0.2, -0.15) is 0 Å². The fourth-order valence-electron chi connectivity index (χ4n) is 7.28. The Balaban J connectivity index is 0.000000321. The van der Waals surface area contributed by atoms with Gasteiger partial charge in [-0.1, -0.05) is 123 Å². The molecule has 1 radical (unpaired) electrons. The summed E-state index contributed by atoms with van der Waals surface area (Å²) in [7, 11) is 0. The minimum absolute atomic E-state index is 0. The molecule has 0 N–H and O–H groups in total. The van der Waals surface area contributed by atoms with Gasteiger partial charge in [0.2, 0.25) is 0 Å². The maximum Gasteiger partial charge on any atom is 0.0708 e. The van der Waals surface area contributed by atoms with E-state index in [9.17, 15) is 0 Å². The standard InChI is InChI=1S/C43H35N2.C12H10N.Ir/c1-29-18-19-32(30-12-7-5-8-13-30)25-38(29)37-21-20-36(40-28-45-42(27-39(37)40)31-14-9-6-10-15-31)33-16-11-17-34(24-33)41-26-35(22-23-44-41)43(2,3)4;1-10-7-8-13-12(9-10)11-5-3-2-4-6-11;/h5-16,18-28H,1-4H3;2-5,7-9H,1H3;/q2*-1;.